The van der Waals surface area contributed by atoms with Crippen molar-refractivity contribution in [1.29, 1.82) is 0 Å². The van der Waals surface area contributed by atoms with Gasteiger partial charge in [-0.15, -0.1) is 0 Å². The van der Waals surface area contributed by atoms with E-state index in [-0.39, 0.29) is 18.0 Å². The van der Waals surface area contributed by atoms with Crippen molar-refractivity contribution in [3.8, 4) is 5.69 Å². The summed E-state index contributed by atoms with van der Waals surface area (Å²) in [4.78, 5) is 32.1. The Kier molecular flexibility index (Phi) is 4.07. The second kappa shape index (κ2) is 6.68. The molecule has 0 aliphatic rings. The summed E-state index contributed by atoms with van der Waals surface area (Å²) in [5.74, 6) is 0.408. The zero-order chi connectivity index (χ0) is 17.9. The molecule has 0 bridgehead atoms. The molecule has 0 radical (unpaired) electrons. The Morgan fingerprint density at radius 1 is 1.00 bits per heavy atom. The van der Waals surface area contributed by atoms with Crippen molar-refractivity contribution in [3.05, 3.63) is 94.7 Å². The lowest BCUT2D eigenvalue weighted by molar-refractivity contribution is 0.0949. The quantitative estimate of drug-likeness (QED) is 0.597. The smallest absolute Gasteiger partial charge is 0.255 e. The van der Waals surface area contributed by atoms with Gasteiger partial charge in [-0.05, 0) is 30.3 Å². The summed E-state index contributed by atoms with van der Waals surface area (Å²) in [6, 6.07) is 19.8. The molecule has 1 amide bonds. The number of carbonyl (C=O) groups is 1. The number of H-pyrrole nitrogens is 1. The predicted octanol–water partition coefficient (Wildman–Crippen LogP) is 2.64. The second-order valence-electron chi connectivity index (χ2n) is 5.84. The number of amides is 1. The van der Waals surface area contributed by atoms with Crippen LogP contribution in [0.2, 0.25) is 0 Å². The number of nitrogens with zero attached hydrogens (tertiary/aromatic N) is 2. The van der Waals surface area contributed by atoms with Crippen molar-refractivity contribution < 1.29 is 4.79 Å². The van der Waals surface area contributed by atoms with E-state index in [9.17, 15) is 9.59 Å². The first-order valence-electron chi connectivity index (χ1n) is 8.21. The molecule has 0 atom stereocenters. The van der Waals surface area contributed by atoms with Crippen molar-refractivity contribution in [2.45, 2.75) is 6.54 Å². The third-order valence-corrected chi connectivity index (χ3v) is 4.06. The minimum Gasteiger partial charge on any atom is -0.345 e. The Bertz CT molecular complexity index is 1100. The van der Waals surface area contributed by atoms with Crippen LogP contribution in [0.3, 0.4) is 0 Å². The Morgan fingerprint density at radius 3 is 2.58 bits per heavy atom. The van der Waals surface area contributed by atoms with Crippen LogP contribution in [0.5, 0.6) is 0 Å². The summed E-state index contributed by atoms with van der Waals surface area (Å²) >= 11 is 0. The first-order valence-corrected chi connectivity index (χ1v) is 8.21. The van der Waals surface area contributed by atoms with E-state index in [1.165, 1.54) is 16.7 Å². The van der Waals surface area contributed by atoms with Gasteiger partial charge in [0.15, 0.2) is 0 Å². The number of nitrogens with one attached hydrogen (secondary N) is 2. The molecule has 0 aliphatic carbocycles. The van der Waals surface area contributed by atoms with Crippen LogP contribution < -0.4 is 10.9 Å². The number of pyridine rings is 1. The zero-order valence-corrected chi connectivity index (χ0v) is 13.8. The van der Waals surface area contributed by atoms with Gasteiger partial charge in [0.1, 0.15) is 5.82 Å². The normalized spacial score (nSPS) is 10.8. The highest BCUT2D eigenvalue weighted by molar-refractivity contribution is 5.93. The monoisotopic (exact) mass is 344 g/mol. The third-order valence-electron chi connectivity index (χ3n) is 4.06. The van der Waals surface area contributed by atoms with E-state index in [0.717, 1.165) is 11.0 Å². The molecule has 6 nitrogen and oxygen atoms in total. The Morgan fingerprint density at radius 2 is 1.77 bits per heavy atom. The van der Waals surface area contributed by atoms with Gasteiger partial charge in [-0.25, -0.2) is 4.98 Å². The lowest BCUT2D eigenvalue weighted by Gasteiger charge is -2.08. The Balaban J connectivity index is 1.54. The van der Waals surface area contributed by atoms with Crippen molar-refractivity contribution in [3.63, 3.8) is 0 Å². The molecule has 2 N–H and O–H groups in total. The van der Waals surface area contributed by atoms with Crippen molar-refractivity contribution in [2.75, 3.05) is 0 Å². The average Bonchev–Trinajstić information content (AvgIpc) is 3.10. The van der Waals surface area contributed by atoms with E-state index >= 15 is 0 Å². The van der Waals surface area contributed by atoms with E-state index in [0.29, 0.717) is 17.1 Å². The number of carbonyl (C=O) groups excluding carboxylic acids is 1. The number of aromatic nitrogens is 3. The molecule has 0 fully saturated rings. The summed E-state index contributed by atoms with van der Waals surface area (Å²) in [5.41, 5.74) is 2.71. The first kappa shape index (κ1) is 15.8. The van der Waals surface area contributed by atoms with Gasteiger partial charge in [-0.1, -0.05) is 30.3 Å². The minimum absolute atomic E-state index is 0.190. The van der Waals surface area contributed by atoms with Crippen LogP contribution in [0.25, 0.3) is 16.7 Å². The molecule has 2 heterocycles. The fraction of sp³-hybridized carbons (Fsp3) is 0.0500. The lowest BCUT2D eigenvalue weighted by atomic mass is 10.2. The molecule has 0 saturated heterocycles. The Hall–Kier alpha value is -3.67. The molecule has 4 aromatic rings. The minimum atomic E-state index is -0.268. The Labute approximate surface area is 149 Å². The van der Waals surface area contributed by atoms with Gasteiger partial charge in [0.2, 0.25) is 0 Å². The van der Waals surface area contributed by atoms with Gasteiger partial charge < -0.3 is 10.3 Å². The van der Waals surface area contributed by atoms with Crippen LogP contribution in [0, 0.1) is 0 Å². The van der Waals surface area contributed by atoms with Gasteiger partial charge in [-0.2, -0.15) is 0 Å². The number of benzene rings is 2. The standard InChI is InChI=1S/C20H16N4O2/c25-19-11-10-14(13-24(19)15-6-2-1-3-7-15)20(26)21-12-18-22-16-8-4-5-9-17(16)23-18/h1-11,13H,12H2,(H,21,26)(H,22,23). The molecular formula is C20H16N4O2. The van der Waals surface area contributed by atoms with Gasteiger partial charge in [0, 0.05) is 18.0 Å². The molecule has 4 rings (SSSR count). The highest BCUT2D eigenvalue weighted by Gasteiger charge is 2.10. The predicted molar refractivity (Wildman–Crippen MR) is 99.3 cm³/mol. The van der Waals surface area contributed by atoms with Crippen molar-refractivity contribution >= 4 is 16.9 Å². The molecule has 0 spiro atoms. The van der Waals surface area contributed by atoms with E-state index in [1.54, 1.807) is 6.20 Å². The molecule has 6 heteroatoms. The fourth-order valence-corrected chi connectivity index (χ4v) is 2.77. The lowest BCUT2D eigenvalue weighted by Crippen LogP contribution is -2.26. The molecule has 0 unspecified atom stereocenters. The largest absolute Gasteiger partial charge is 0.345 e. The average molecular weight is 344 g/mol. The first-order chi connectivity index (χ1) is 12.7. The van der Waals surface area contributed by atoms with Gasteiger partial charge in [0.25, 0.3) is 11.5 Å². The van der Waals surface area contributed by atoms with Gasteiger partial charge in [-0.3, -0.25) is 14.2 Å². The molecular weight excluding hydrogens is 328 g/mol. The van der Waals surface area contributed by atoms with Crippen molar-refractivity contribution in [2.24, 2.45) is 0 Å². The maximum Gasteiger partial charge on any atom is 0.255 e. The maximum absolute atomic E-state index is 12.5. The van der Waals surface area contributed by atoms with E-state index < -0.39 is 0 Å². The number of fused-ring (bicyclic) bond motifs is 1. The van der Waals surface area contributed by atoms with Crippen LogP contribution in [-0.2, 0) is 6.54 Å². The molecule has 128 valence electrons. The fourth-order valence-electron chi connectivity index (χ4n) is 2.77. The zero-order valence-electron chi connectivity index (χ0n) is 13.8. The second-order valence-corrected chi connectivity index (χ2v) is 5.84. The summed E-state index contributed by atoms with van der Waals surface area (Å²) in [6.07, 6.45) is 1.55. The maximum atomic E-state index is 12.5. The summed E-state index contributed by atoms with van der Waals surface area (Å²) in [7, 11) is 0. The van der Waals surface area contributed by atoms with Crippen LogP contribution in [0.15, 0.2) is 77.7 Å². The summed E-state index contributed by atoms with van der Waals surface area (Å²) in [5, 5.41) is 2.83. The van der Waals surface area contributed by atoms with Crippen LogP contribution in [-0.4, -0.2) is 20.4 Å². The van der Waals surface area contributed by atoms with Gasteiger partial charge >= 0.3 is 0 Å². The summed E-state index contributed by atoms with van der Waals surface area (Å²) in [6.45, 7) is 0.276. The molecule has 2 aromatic carbocycles. The number of rotatable bonds is 4. The summed E-state index contributed by atoms with van der Waals surface area (Å²) < 4.78 is 1.45. The van der Waals surface area contributed by atoms with Crippen LogP contribution in [0.4, 0.5) is 0 Å². The van der Waals surface area contributed by atoms with E-state index in [2.05, 4.69) is 15.3 Å². The van der Waals surface area contributed by atoms with Crippen LogP contribution >= 0.6 is 0 Å². The number of aromatic amines is 1. The molecule has 2 aromatic heterocycles. The molecule has 0 saturated carbocycles. The highest BCUT2D eigenvalue weighted by atomic mass is 16.2. The number of hydrogen-bond donors (Lipinski definition) is 2. The van der Waals surface area contributed by atoms with E-state index in [1.807, 2.05) is 54.6 Å². The topological polar surface area (TPSA) is 79.8 Å². The third kappa shape index (κ3) is 3.12. The van der Waals surface area contributed by atoms with Gasteiger partial charge in [0.05, 0.1) is 23.1 Å². The van der Waals surface area contributed by atoms with E-state index in [4.69, 9.17) is 0 Å². The SMILES string of the molecule is O=C(NCc1nc2ccccc2[nH]1)c1ccc(=O)n(-c2ccccc2)c1. The molecule has 26 heavy (non-hydrogen) atoms. The van der Waals surface area contributed by atoms with Crippen molar-refractivity contribution in [1.82, 2.24) is 19.9 Å². The number of hydrogen-bond acceptors (Lipinski definition) is 3. The highest BCUT2D eigenvalue weighted by Crippen LogP contribution is 2.10. The molecule has 0 aliphatic heterocycles. The number of imidazole rings is 1. The number of para-hydroxylation sites is 3. The van der Waals surface area contributed by atoms with Crippen LogP contribution in [0.1, 0.15) is 16.2 Å².